The minimum atomic E-state index is -1.01. The van der Waals surface area contributed by atoms with Gasteiger partial charge in [0.25, 0.3) is 0 Å². The molecule has 0 saturated heterocycles. The van der Waals surface area contributed by atoms with Gasteiger partial charge in [-0.2, -0.15) is 0 Å². The van der Waals surface area contributed by atoms with Gasteiger partial charge in [-0.15, -0.1) is 0 Å². The van der Waals surface area contributed by atoms with Crippen LogP contribution in [0.5, 0.6) is 0 Å². The van der Waals surface area contributed by atoms with E-state index in [-0.39, 0.29) is 47.2 Å². The average molecular weight is 1300 g/mol. The van der Waals surface area contributed by atoms with Gasteiger partial charge in [0.05, 0.1) is 59.4 Å². The van der Waals surface area contributed by atoms with Gasteiger partial charge in [0.2, 0.25) is 0 Å². The zero-order valence-electron chi connectivity index (χ0n) is 55.0. The minimum Gasteiger partial charge on any atom is -0.481 e. The summed E-state index contributed by atoms with van der Waals surface area (Å²) in [4.78, 5) is 52.5. The Morgan fingerprint density at radius 3 is 1.31 bits per heavy atom. The normalized spacial score (nSPS) is 13.0. The third kappa shape index (κ3) is 11.6. The molecule has 0 unspecified atom stereocenters. The second-order valence-electron chi connectivity index (χ2n) is 26.3. The highest BCUT2D eigenvalue weighted by molar-refractivity contribution is 6.08. The number of aliphatic carboxylic acids is 1. The number of allylic oxidation sites excluding steroid dienone is 1. The summed E-state index contributed by atoms with van der Waals surface area (Å²) in [6.07, 6.45) is 12.0. The summed E-state index contributed by atoms with van der Waals surface area (Å²) in [5.41, 5.74) is 25.8. The van der Waals surface area contributed by atoms with Crippen LogP contribution in [0.4, 0.5) is 13.2 Å². The highest BCUT2D eigenvalue weighted by atomic mass is 19.1. The molecule has 12 aromatic rings. The summed E-state index contributed by atoms with van der Waals surface area (Å²) >= 11 is 0. The molecule has 3 N–H and O–H groups in total. The second kappa shape index (κ2) is 25.6. The highest BCUT2D eigenvalue weighted by Gasteiger charge is 2.30. The van der Waals surface area contributed by atoms with Crippen LogP contribution in [-0.4, -0.2) is 70.6 Å². The molecule has 16 rings (SSSR count). The summed E-state index contributed by atoms with van der Waals surface area (Å²) < 4.78 is 47.8. The molecule has 0 amide bonds. The number of carboxylic acids is 3. The number of halogens is 3. The molecule has 13 nitrogen and oxygen atoms in total. The number of carbonyl (C=O) groups is 3. The quantitative estimate of drug-likeness (QED) is 0.103. The standard InChI is InChI=1S/C29H23FN2O2.C28H25FN2O2.C25H20FN3O2/c1-16(2)28-27(24-11-18(29(33)34)10-17-4-3-5-23(17)24)25-12-19-14-31-15-20(19)13-26(25)32(28)22-8-6-21(30)7-9-22;1-16(2)28-27(23-10-18(11-26(32)33)5-4-17(23)3)24-12-19-14-30-15-20(19)13-25(24)31(28)22-8-6-21(29)7-9-22;1-14(2)24-23(21-8-3-15(13-28-21)25(30)31)20-9-16-11-27-12-17(16)10-22(20)29(24)19-6-4-18(26)5-7-19/h3,5-13,15-16H,4,14H2,1-2H3,(H,33,34);4-10,12-13,15-16H,11,14H2,1-3H3,(H,32,33);3-10,12-14H,11H2,1-2H3,(H,30,31). The Hall–Kier alpha value is -11.5. The number of benzene rings is 8. The first-order valence-corrected chi connectivity index (χ1v) is 32.7. The number of hydrogen-bond donors (Lipinski definition) is 3. The largest absolute Gasteiger partial charge is 0.481 e. The molecule has 4 aromatic heterocycles. The van der Waals surface area contributed by atoms with Crippen molar-refractivity contribution in [2.45, 2.75) is 98.7 Å². The highest BCUT2D eigenvalue weighted by Crippen LogP contribution is 2.48. The number of fused-ring (bicyclic) bond motifs is 7. The van der Waals surface area contributed by atoms with Crippen LogP contribution in [0.15, 0.2) is 179 Å². The number of aromatic carboxylic acids is 2. The molecule has 0 radical (unpaired) electrons. The van der Waals surface area contributed by atoms with Crippen LogP contribution in [0, 0.1) is 24.4 Å². The zero-order chi connectivity index (χ0) is 68.5. The number of aryl methyl sites for hydroxylation is 1. The Morgan fingerprint density at radius 1 is 0.469 bits per heavy atom. The second-order valence-corrected chi connectivity index (χ2v) is 26.3. The maximum absolute atomic E-state index is 13.8. The van der Waals surface area contributed by atoms with Crippen molar-refractivity contribution >= 4 is 75.3 Å². The summed E-state index contributed by atoms with van der Waals surface area (Å²) in [7, 11) is 0. The zero-order valence-corrected chi connectivity index (χ0v) is 55.0. The first kappa shape index (κ1) is 63.9. The summed E-state index contributed by atoms with van der Waals surface area (Å²) in [5, 5.41) is 31.6. The molecule has 0 fully saturated rings. The molecular formula is C82H68F3N7O6. The lowest BCUT2D eigenvalue weighted by Crippen LogP contribution is -2.05. The van der Waals surface area contributed by atoms with Crippen LogP contribution in [-0.2, 0) is 37.3 Å². The number of carboxylic acid groups (broad SMARTS) is 3. The van der Waals surface area contributed by atoms with Gasteiger partial charge in [0.15, 0.2) is 0 Å². The van der Waals surface area contributed by atoms with Crippen molar-refractivity contribution in [2.24, 2.45) is 15.0 Å². The van der Waals surface area contributed by atoms with Gasteiger partial charge >= 0.3 is 17.9 Å². The first-order valence-electron chi connectivity index (χ1n) is 32.7. The molecule has 0 saturated carbocycles. The van der Waals surface area contributed by atoms with E-state index >= 15 is 0 Å². The fourth-order valence-electron chi connectivity index (χ4n) is 14.4. The lowest BCUT2D eigenvalue weighted by atomic mass is 9.89. The fraction of sp³-hybridized carbons (Fsp3) is 0.183. The first-order chi connectivity index (χ1) is 47.2. The van der Waals surface area contributed by atoms with E-state index in [1.54, 1.807) is 60.7 Å². The van der Waals surface area contributed by atoms with E-state index in [0.29, 0.717) is 30.9 Å². The molecule has 16 heteroatoms. The van der Waals surface area contributed by atoms with Crippen molar-refractivity contribution < 1.29 is 42.9 Å². The van der Waals surface area contributed by atoms with Crippen molar-refractivity contribution in [3.63, 3.8) is 0 Å². The number of aromatic nitrogens is 4. The topological polar surface area (TPSA) is 177 Å². The van der Waals surface area contributed by atoms with E-state index < -0.39 is 17.9 Å². The predicted octanol–water partition coefficient (Wildman–Crippen LogP) is 18.8. The van der Waals surface area contributed by atoms with E-state index in [4.69, 9.17) is 0 Å². The summed E-state index contributed by atoms with van der Waals surface area (Å²) in [6.45, 7) is 16.8. The average Bonchev–Trinajstić information content (AvgIpc) is 1.59. The van der Waals surface area contributed by atoms with Crippen LogP contribution in [0.1, 0.15) is 153 Å². The molecule has 0 bridgehead atoms. The maximum atomic E-state index is 13.8. The van der Waals surface area contributed by atoms with Gasteiger partial charge < -0.3 is 29.0 Å². The Balaban J connectivity index is 0.000000126. The van der Waals surface area contributed by atoms with Gasteiger partial charge in [0, 0.05) is 91.8 Å². The summed E-state index contributed by atoms with van der Waals surface area (Å²) in [6, 6.07) is 45.3. The molecule has 0 atom stereocenters. The third-order valence-corrected chi connectivity index (χ3v) is 18.8. The van der Waals surface area contributed by atoms with Gasteiger partial charge in [0.1, 0.15) is 17.5 Å². The van der Waals surface area contributed by atoms with E-state index in [2.05, 4.69) is 131 Å². The van der Waals surface area contributed by atoms with Crippen molar-refractivity contribution in [3.05, 3.63) is 265 Å². The van der Waals surface area contributed by atoms with Gasteiger partial charge in [-0.05, 0) is 231 Å². The monoisotopic (exact) mass is 1300 g/mol. The van der Waals surface area contributed by atoms with Crippen molar-refractivity contribution in [3.8, 4) is 50.6 Å². The SMILES string of the molecule is CC(C)c1c(-c2cc(C(=O)O)cc3c2C=CC3)c2cc3c(cc2n1-c1ccc(F)cc1)C=NC3.CC(C)c1c(-c2ccc(C(=O)O)cn2)c2cc3c(cc2n1-c1ccc(F)cc1)C=NC3.Cc1ccc(CC(=O)O)cc1-c1c(C(C)C)n(-c2ccc(F)cc2)c2cc3c(cc12)CN=C3. The Labute approximate surface area is 563 Å². The lowest BCUT2D eigenvalue weighted by Gasteiger charge is -2.17. The molecular weight excluding hydrogens is 1240 g/mol. The van der Waals surface area contributed by atoms with Gasteiger partial charge in [-0.3, -0.25) is 24.8 Å². The van der Waals surface area contributed by atoms with Crippen LogP contribution in [0.25, 0.3) is 89.4 Å². The fourth-order valence-corrected chi connectivity index (χ4v) is 14.4. The van der Waals surface area contributed by atoms with E-state index in [9.17, 15) is 42.9 Å². The molecule has 8 aromatic carbocycles. The van der Waals surface area contributed by atoms with Crippen LogP contribution >= 0.6 is 0 Å². The maximum Gasteiger partial charge on any atom is 0.337 e. The minimum absolute atomic E-state index is 0.0237. The van der Waals surface area contributed by atoms with Crippen LogP contribution in [0.2, 0.25) is 0 Å². The molecule has 98 heavy (non-hydrogen) atoms. The molecule has 488 valence electrons. The number of pyridine rings is 1. The number of hydrogen-bond acceptors (Lipinski definition) is 7. The van der Waals surface area contributed by atoms with Crippen molar-refractivity contribution in [1.82, 2.24) is 18.7 Å². The third-order valence-electron chi connectivity index (χ3n) is 18.8. The Morgan fingerprint density at radius 2 is 0.898 bits per heavy atom. The number of rotatable bonds is 13. The predicted molar refractivity (Wildman–Crippen MR) is 383 cm³/mol. The molecule has 1 aliphatic carbocycles. The smallest absolute Gasteiger partial charge is 0.337 e. The van der Waals surface area contributed by atoms with Crippen molar-refractivity contribution in [2.75, 3.05) is 0 Å². The Bertz CT molecular complexity index is 5400. The molecule has 4 aliphatic rings. The Kier molecular flexibility index (Phi) is 16.7. The number of nitrogens with zero attached hydrogens (tertiary/aromatic N) is 7. The van der Waals surface area contributed by atoms with E-state index in [1.807, 2.05) is 36.8 Å². The molecule has 3 aliphatic heterocycles. The molecule has 0 spiro atoms. The van der Waals surface area contributed by atoms with Crippen LogP contribution in [0.3, 0.4) is 0 Å². The summed E-state index contributed by atoms with van der Waals surface area (Å²) in [5.74, 6) is -3.19. The van der Waals surface area contributed by atoms with Crippen LogP contribution < -0.4 is 0 Å². The van der Waals surface area contributed by atoms with E-state index in [1.165, 1.54) is 48.2 Å². The van der Waals surface area contributed by atoms with Crippen molar-refractivity contribution in [1.29, 1.82) is 0 Å². The molecule has 7 heterocycles. The van der Waals surface area contributed by atoms with Gasteiger partial charge in [-0.25, -0.2) is 22.8 Å². The lowest BCUT2D eigenvalue weighted by molar-refractivity contribution is -0.136. The number of aliphatic imine (C=N–C) groups is 3. The van der Waals surface area contributed by atoms with Gasteiger partial charge in [-0.1, -0.05) is 71.9 Å². The van der Waals surface area contributed by atoms with E-state index in [0.717, 1.165) is 151 Å².